The number of nitrogens with zero attached hydrogens (tertiary/aromatic N) is 5. The molecule has 0 radical (unpaired) electrons. The average molecular weight is 741 g/mol. The van der Waals surface area contributed by atoms with Crippen molar-refractivity contribution in [1.29, 1.82) is 0 Å². The van der Waals surface area contributed by atoms with Gasteiger partial charge < -0.3 is 27.0 Å². The summed E-state index contributed by atoms with van der Waals surface area (Å²) < 4.78 is 0. The Balaban J connectivity index is 0.000000195. The van der Waals surface area contributed by atoms with Crippen LogP contribution in [0.2, 0.25) is 0 Å². The molecule has 2 aromatic rings. The third-order valence-corrected chi connectivity index (χ3v) is 12.4. The van der Waals surface area contributed by atoms with Crippen molar-refractivity contribution in [3.8, 4) is 0 Å². The average Bonchev–Trinajstić information content (AvgIpc) is 3.94. The smallest absolute Gasteiger partial charge is 0.130 e. The van der Waals surface area contributed by atoms with Crippen LogP contribution in [0.1, 0.15) is 101 Å². The minimum Gasteiger partial charge on any atom is -0.391 e. The maximum absolute atomic E-state index is 10.4. The first-order valence-electron chi connectivity index (χ1n) is 19.4. The number of aliphatic hydroxyl groups excluding tert-OH is 2. The quantitative estimate of drug-likeness (QED) is 0.116. The number of nitrogens with one attached hydrogen (secondary N) is 1. The molecular weight excluding hydrogens is 677 g/mol. The van der Waals surface area contributed by atoms with Gasteiger partial charge in [-0.2, -0.15) is 23.5 Å². The third kappa shape index (κ3) is 13.9. The van der Waals surface area contributed by atoms with Gasteiger partial charge in [0.05, 0.1) is 23.6 Å². The van der Waals surface area contributed by atoms with E-state index in [2.05, 4.69) is 61.8 Å². The lowest BCUT2D eigenvalue weighted by Crippen LogP contribution is -2.24. The number of anilines is 2. The number of hydrogen-bond acceptors (Lipinski definition) is 12. The molecule has 7 N–H and O–H groups in total. The normalized spacial score (nSPS) is 21.8. The van der Waals surface area contributed by atoms with Gasteiger partial charge in [0.25, 0.3) is 0 Å². The van der Waals surface area contributed by atoms with E-state index in [0.717, 1.165) is 80.3 Å². The fraction of sp³-hybridized carbons (Fsp3) is 0.692. The summed E-state index contributed by atoms with van der Waals surface area (Å²) in [7, 11) is 0. The van der Waals surface area contributed by atoms with Gasteiger partial charge in [-0.15, -0.1) is 0 Å². The number of rotatable bonds is 18. The molecule has 2 aliphatic carbocycles. The van der Waals surface area contributed by atoms with E-state index in [1.165, 1.54) is 86.9 Å². The van der Waals surface area contributed by atoms with Crippen molar-refractivity contribution < 1.29 is 10.2 Å². The van der Waals surface area contributed by atoms with Crippen molar-refractivity contribution in [2.45, 2.75) is 103 Å². The van der Waals surface area contributed by atoms with Crippen molar-refractivity contribution in [3.63, 3.8) is 0 Å². The number of aromatic nitrogens is 4. The van der Waals surface area contributed by atoms with E-state index in [0.29, 0.717) is 23.5 Å². The topological polar surface area (TPSA) is 159 Å². The van der Waals surface area contributed by atoms with Gasteiger partial charge in [0, 0.05) is 43.9 Å². The predicted octanol–water partition coefficient (Wildman–Crippen LogP) is 5.89. The number of β-amino-alcohol motifs (C(OH)–C–C–N with tert-alkyl or cyclic N) is 2. The first kappa shape index (κ1) is 41.5. The zero-order valence-corrected chi connectivity index (χ0v) is 32.8. The Labute approximate surface area is 315 Å². The Hall–Kier alpha value is -2.22. The molecule has 4 aliphatic rings. The summed E-state index contributed by atoms with van der Waals surface area (Å²) in [5, 5.41) is 23.3. The van der Waals surface area contributed by atoms with Gasteiger partial charge in [0.15, 0.2) is 0 Å². The molecule has 0 aromatic carbocycles. The largest absolute Gasteiger partial charge is 0.391 e. The van der Waals surface area contributed by atoms with Gasteiger partial charge >= 0.3 is 0 Å². The second kappa shape index (κ2) is 23.4. The minimum atomic E-state index is -0.201. The highest BCUT2D eigenvalue weighted by atomic mass is 32.2. The zero-order chi connectivity index (χ0) is 36.3. The lowest BCUT2D eigenvalue weighted by atomic mass is 10.0. The molecule has 0 unspecified atom stereocenters. The van der Waals surface area contributed by atoms with Gasteiger partial charge in [-0.05, 0) is 85.0 Å². The maximum Gasteiger partial charge on any atom is 0.130 e. The number of thioether (sulfide) groups is 2. The molecule has 12 heteroatoms. The number of hydrogen-bond donors (Lipinski definition) is 5. The molecule has 2 saturated heterocycles. The van der Waals surface area contributed by atoms with Crippen LogP contribution in [0, 0.1) is 11.8 Å². The summed E-state index contributed by atoms with van der Waals surface area (Å²) in [6.45, 7) is 8.90. The summed E-state index contributed by atoms with van der Waals surface area (Å²) >= 11 is 4.10. The van der Waals surface area contributed by atoms with Gasteiger partial charge in [0.2, 0.25) is 0 Å². The lowest BCUT2D eigenvalue weighted by molar-refractivity contribution is 0.141. The van der Waals surface area contributed by atoms with E-state index in [-0.39, 0.29) is 12.2 Å². The molecule has 6 rings (SSSR count). The molecule has 51 heavy (non-hydrogen) atoms. The molecule has 4 atom stereocenters. The molecule has 4 heterocycles. The monoisotopic (exact) mass is 740 g/mol. The predicted molar refractivity (Wildman–Crippen MR) is 218 cm³/mol. The lowest BCUT2D eigenvalue weighted by Gasteiger charge is -2.17. The van der Waals surface area contributed by atoms with Crippen molar-refractivity contribution in [3.05, 3.63) is 47.3 Å². The molecule has 0 saturated carbocycles. The second-order valence-corrected chi connectivity index (χ2v) is 16.6. The van der Waals surface area contributed by atoms with Crippen LogP contribution in [-0.4, -0.2) is 103 Å². The van der Waals surface area contributed by atoms with Gasteiger partial charge in [-0.25, -0.2) is 19.9 Å². The number of aliphatic hydroxyl groups is 2. The van der Waals surface area contributed by atoms with E-state index in [4.69, 9.17) is 11.5 Å². The molecule has 0 amide bonds. The van der Waals surface area contributed by atoms with E-state index >= 15 is 0 Å². The van der Waals surface area contributed by atoms with Gasteiger partial charge in [-0.1, -0.05) is 64.5 Å². The standard InChI is InChI=1S/C20H32N4OS.C12H25NOS.C7H7N3/c1-2-3-4-5-9-26-10-8-15-11-24(13-18(15)25)12-16-6-7-17-19(16)22-14-23-20(17)21;1-2-3-4-5-7-15-8-6-11-9-13-10-12(11)14;8-7-5-2-1-3-6(5)9-4-10-7/h6,14-15,18,25H,2-5,7-13H2,1H3,(H2,21,22,23);11-14H,2-10H2,1H3;1,3-4H,2H2,(H2,8,9,10)/t15-,18-;11-,12-;/m00./s1. The Morgan fingerprint density at radius 3 is 2.06 bits per heavy atom. The summed E-state index contributed by atoms with van der Waals surface area (Å²) in [5.74, 6) is 7.05. The van der Waals surface area contributed by atoms with Crippen LogP contribution in [0.5, 0.6) is 0 Å². The summed E-state index contributed by atoms with van der Waals surface area (Å²) in [4.78, 5) is 18.8. The number of fused-ring (bicyclic) bond motifs is 2. The van der Waals surface area contributed by atoms with Gasteiger partial charge in [-0.3, -0.25) is 4.90 Å². The van der Waals surface area contributed by atoms with Crippen molar-refractivity contribution >= 4 is 46.8 Å². The Morgan fingerprint density at radius 2 is 1.41 bits per heavy atom. The van der Waals surface area contributed by atoms with E-state index < -0.39 is 0 Å². The number of nitrogen functional groups attached to an aromatic ring is 2. The van der Waals surface area contributed by atoms with E-state index in [9.17, 15) is 10.2 Å². The van der Waals surface area contributed by atoms with Crippen molar-refractivity contribution in [2.24, 2.45) is 11.8 Å². The first-order valence-corrected chi connectivity index (χ1v) is 21.7. The molecule has 0 spiro atoms. The van der Waals surface area contributed by atoms with Crippen molar-refractivity contribution in [2.75, 3.05) is 67.2 Å². The first-order chi connectivity index (χ1) is 24.9. The second-order valence-electron chi connectivity index (χ2n) is 14.2. The van der Waals surface area contributed by atoms with Crippen LogP contribution >= 0.6 is 23.5 Å². The zero-order valence-electron chi connectivity index (χ0n) is 31.1. The van der Waals surface area contributed by atoms with Crippen LogP contribution in [0.15, 0.2) is 24.8 Å². The van der Waals surface area contributed by atoms with Crippen LogP contribution in [0.3, 0.4) is 0 Å². The van der Waals surface area contributed by atoms with E-state index in [1.54, 1.807) is 6.33 Å². The molecule has 2 aliphatic heterocycles. The maximum atomic E-state index is 10.4. The highest BCUT2D eigenvalue weighted by molar-refractivity contribution is 7.99. The fourth-order valence-electron chi connectivity index (χ4n) is 6.99. The molecule has 0 bridgehead atoms. The number of nitrogens with two attached hydrogens (primary N) is 2. The van der Waals surface area contributed by atoms with Crippen LogP contribution in [0.4, 0.5) is 11.6 Å². The highest BCUT2D eigenvalue weighted by Crippen LogP contribution is 2.31. The SMILES string of the molecule is CCCCCCSCC[C@H]1CN(CC2=CCc3c(N)ncnc32)C[C@@H]1O.CCCCCCSCC[C@H]1CNC[C@@H]1O.Nc1ncnc2c1CC=C2. The van der Waals surface area contributed by atoms with Crippen LogP contribution in [-0.2, 0) is 12.8 Å². The summed E-state index contributed by atoms with van der Waals surface area (Å²) in [5.41, 5.74) is 16.8. The third-order valence-electron chi connectivity index (χ3n) is 10.2. The number of likely N-dealkylation sites (tertiary alicyclic amines) is 1. The molecule has 2 fully saturated rings. The molecule has 2 aromatic heterocycles. The van der Waals surface area contributed by atoms with Crippen LogP contribution in [0.25, 0.3) is 11.6 Å². The number of unbranched alkanes of at least 4 members (excludes halogenated alkanes) is 6. The Kier molecular flexibility index (Phi) is 19.1. The Morgan fingerprint density at radius 1 is 0.745 bits per heavy atom. The fourth-order valence-corrected chi connectivity index (χ4v) is 9.15. The molecule has 284 valence electrons. The number of allylic oxidation sites excluding steroid dienone is 2. The summed E-state index contributed by atoms with van der Waals surface area (Å²) in [6, 6.07) is 0. The minimum absolute atomic E-state index is 0.0920. The van der Waals surface area contributed by atoms with E-state index in [1.807, 2.05) is 23.9 Å². The summed E-state index contributed by atoms with van der Waals surface area (Å²) in [6.07, 6.45) is 23.7. The van der Waals surface area contributed by atoms with Gasteiger partial charge in [0.1, 0.15) is 24.3 Å². The highest BCUT2D eigenvalue weighted by Gasteiger charge is 2.32. The van der Waals surface area contributed by atoms with Crippen molar-refractivity contribution in [1.82, 2.24) is 30.2 Å². The molecule has 10 nitrogen and oxygen atoms in total. The van der Waals surface area contributed by atoms with Crippen LogP contribution < -0.4 is 16.8 Å². The Bertz CT molecular complexity index is 1360. The molecular formula is C39H64N8O2S2.